The van der Waals surface area contributed by atoms with Gasteiger partial charge in [0.05, 0.1) is 0 Å². The van der Waals surface area contributed by atoms with Crippen LogP contribution < -0.4 is 4.90 Å². The van der Waals surface area contributed by atoms with E-state index in [1.807, 2.05) is 0 Å². The molecule has 2 aromatic carbocycles. The standard InChI is InChI=1S/C26H14Cl2N2O4/c1-13-7-6-12-29-26(13)30(20-18(27)22(31)14-8-2-4-10-16(14)24(20)33)21-19(28)23(32)15-9-3-5-11-17(15)25(21)34/h2-12H,1H3. The van der Waals surface area contributed by atoms with Crippen LogP contribution in [0.2, 0.25) is 0 Å². The third-order valence-corrected chi connectivity index (χ3v) is 6.42. The summed E-state index contributed by atoms with van der Waals surface area (Å²) in [5, 5.41) is -0.797. The van der Waals surface area contributed by atoms with Crippen molar-refractivity contribution in [3.8, 4) is 0 Å². The van der Waals surface area contributed by atoms with Crippen molar-refractivity contribution in [1.29, 1.82) is 0 Å². The molecule has 0 fully saturated rings. The van der Waals surface area contributed by atoms with Crippen LogP contribution in [-0.4, -0.2) is 28.1 Å². The van der Waals surface area contributed by atoms with E-state index in [4.69, 9.17) is 23.2 Å². The number of aryl methyl sites for hydroxylation is 1. The molecule has 34 heavy (non-hydrogen) atoms. The molecule has 0 amide bonds. The Labute approximate surface area is 204 Å². The number of pyridine rings is 1. The molecule has 6 nitrogen and oxygen atoms in total. The lowest BCUT2D eigenvalue weighted by Crippen LogP contribution is -2.39. The van der Waals surface area contributed by atoms with Crippen molar-refractivity contribution in [2.45, 2.75) is 6.92 Å². The number of carbonyl (C=O) groups excluding carboxylic acids is 4. The predicted octanol–water partition coefficient (Wildman–Crippen LogP) is 5.26. The molecule has 0 radical (unpaired) electrons. The fraction of sp³-hybridized carbons (Fsp3) is 0.0385. The Bertz CT molecular complexity index is 1430. The molecule has 0 N–H and O–H groups in total. The van der Waals surface area contributed by atoms with Crippen LogP contribution in [0.1, 0.15) is 47.0 Å². The minimum Gasteiger partial charge on any atom is -0.287 e. The number of rotatable bonds is 3. The SMILES string of the molecule is Cc1cccnc1N(C1=C(Cl)C(=O)c2ccccc2C1=O)C1=C(Cl)C(=O)c2ccccc2C1=O. The molecule has 0 aliphatic heterocycles. The molecule has 0 bridgehead atoms. The van der Waals surface area contributed by atoms with Crippen LogP contribution in [0.5, 0.6) is 0 Å². The molecule has 0 spiro atoms. The van der Waals surface area contributed by atoms with Crippen molar-refractivity contribution in [2.24, 2.45) is 0 Å². The fourth-order valence-electron chi connectivity index (χ4n) is 4.10. The largest absolute Gasteiger partial charge is 0.287 e. The van der Waals surface area contributed by atoms with Crippen LogP contribution in [0.4, 0.5) is 5.82 Å². The Morgan fingerprint density at radius 2 is 1.03 bits per heavy atom. The summed E-state index contributed by atoms with van der Waals surface area (Å²) in [5.41, 5.74) is 0.525. The molecule has 0 saturated carbocycles. The molecule has 1 heterocycles. The van der Waals surface area contributed by atoms with Crippen LogP contribution >= 0.6 is 23.2 Å². The summed E-state index contributed by atoms with van der Waals surface area (Å²) in [4.78, 5) is 59.0. The first-order chi connectivity index (χ1) is 16.3. The van der Waals surface area contributed by atoms with Gasteiger partial charge in [-0.2, -0.15) is 0 Å². The maximum atomic E-state index is 13.7. The second-order valence-electron chi connectivity index (χ2n) is 7.71. The first-order valence-corrected chi connectivity index (χ1v) is 11.0. The number of aromatic nitrogens is 1. The predicted molar refractivity (Wildman–Crippen MR) is 127 cm³/mol. The fourth-order valence-corrected chi connectivity index (χ4v) is 4.64. The van der Waals surface area contributed by atoms with Gasteiger partial charge in [-0.3, -0.25) is 24.1 Å². The molecule has 8 heteroatoms. The number of fused-ring (bicyclic) bond motifs is 2. The van der Waals surface area contributed by atoms with Gasteiger partial charge in [0.1, 0.15) is 27.3 Å². The Morgan fingerprint density at radius 3 is 1.44 bits per heavy atom. The summed E-state index contributed by atoms with van der Waals surface area (Å²) >= 11 is 13.0. The summed E-state index contributed by atoms with van der Waals surface area (Å²) < 4.78 is 0. The van der Waals surface area contributed by atoms with Crippen molar-refractivity contribution in [2.75, 3.05) is 4.90 Å². The molecular formula is C26H14Cl2N2O4. The Morgan fingerprint density at radius 1 is 0.618 bits per heavy atom. The average Bonchev–Trinajstić information content (AvgIpc) is 2.85. The van der Waals surface area contributed by atoms with E-state index in [-0.39, 0.29) is 39.5 Å². The Hall–Kier alpha value is -3.87. The molecule has 2 aliphatic rings. The van der Waals surface area contributed by atoms with Gasteiger partial charge in [0.25, 0.3) is 0 Å². The van der Waals surface area contributed by atoms with Gasteiger partial charge in [0, 0.05) is 28.5 Å². The summed E-state index contributed by atoms with van der Waals surface area (Å²) in [5.74, 6) is -2.22. The topological polar surface area (TPSA) is 84.4 Å². The molecule has 5 rings (SSSR count). The van der Waals surface area contributed by atoms with Gasteiger partial charge in [-0.05, 0) is 18.6 Å². The highest BCUT2D eigenvalue weighted by molar-refractivity contribution is 6.52. The highest BCUT2D eigenvalue weighted by Gasteiger charge is 2.42. The Balaban J connectivity index is 1.83. The van der Waals surface area contributed by atoms with Crippen LogP contribution in [0.25, 0.3) is 0 Å². The van der Waals surface area contributed by atoms with Crippen LogP contribution in [0.3, 0.4) is 0 Å². The quantitative estimate of drug-likeness (QED) is 0.500. The van der Waals surface area contributed by atoms with Gasteiger partial charge in [0.2, 0.25) is 23.1 Å². The summed E-state index contributed by atoms with van der Waals surface area (Å²) in [6.45, 7) is 1.71. The van der Waals surface area contributed by atoms with E-state index >= 15 is 0 Å². The van der Waals surface area contributed by atoms with E-state index in [9.17, 15) is 19.2 Å². The third-order valence-electron chi connectivity index (χ3n) is 5.72. The van der Waals surface area contributed by atoms with E-state index in [0.29, 0.717) is 5.56 Å². The number of nitrogens with zero attached hydrogens (tertiary/aromatic N) is 2. The maximum Gasteiger partial charge on any atom is 0.212 e. The molecule has 166 valence electrons. The van der Waals surface area contributed by atoms with Crippen molar-refractivity contribution >= 4 is 52.2 Å². The summed E-state index contributed by atoms with van der Waals surface area (Å²) in [6.07, 6.45) is 1.46. The molecule has 1 aromatic heterocycles. The first-order valence-electron chi connectivity index (χ1n) is 10.2. The van der Waals surface area contributed by atoms with Crippen LogP contribution in [-0.2, 0) is 0 Å². The molecule has 0 saturated heterocycles. The number of anilines is 1. The van der Waals surface area contributed by atoms with Crippen molar-refractivity contribution in [1.82, 2.24) is 4.98 Å². The van der Waals surface area contributed by atoms with Crippen molar-refractivity contribution < 1.29 is 19.2 Å². The smallest absolute Gasteiger partial charge is 0.212 e. The molecule has 0 atom stereocenters. The van der Waals surface area contributed by atoms with E-state index in [1.165, 1.54) is 30.5 Å². The zero-order valence-corrected chi connectivity index (χ0v) is 19.1. The van der Waals surface area contributed by atoms with Gasteiger partial charge in [-0.15, -0.1) is 0 Å². The van der Waals surface area contributed by atoms with Gasteiger partial charge in [-0.1, -0.05) is 77.8 Å². The van der Waals surface area contributed by atoms with E-state index < -0.39 is 33.2 Å². The summed E-state index contributed by atoms with van der Waals surface area (Å²) in [6, 6.07) is 15.9. The lowest BCUT2D eigenvalue weighted by Gasteiger charge is -2.33. The highest BCUT2D eigenvalue weighted by Crippen LogP contribution is 2.40. The number of ketones is 4. The number of benzene rings is 2. The number of Topliss-reactive ketones (excluding diaryl/α,β-unsaturated/α-hetero) is 4. The summed E-state index contributed by atoms with van der Waals surface area (Å²) in [7, 11) is 0. The first kappa shape index (κ1) is 21.9. The molecular weight excluding hydrogens is 475 g/mol. The van der Waals surface area contributed by atoms with Gasteiger partial charge >= 0.3 is 0 Å². The lowest BCUT2D eigenvalue weighted by atomic mass is 9.88. The van der Waals surface area contributed by atoms with Gasteiger partial charge in [-0.25, -0.2) is 4.98 Å². The van der Waals surface area contributed by atoms with E-state index in [2.05, 4.69) is 4.98 Å². The minimum absolute atomic E-state index is 0.122. The monoisotopic (exact) mass is 488 g/mol. The second kappa shape index (κ2) is 8.17. The third kappa shape index (κ3) is 3.15. The van der Waals surface area contributed by atoms with Crippen LogP contribution in [0.15, 0.2) is 88.3 Å². The average molecular weight is 489 g/mol. The molecule has 0 unspecified atom stereocenters. The van der Waals surface area contributed by atoms with Gasteiger partial charge in [0.15, 0.2) is 0 Å². The lowest BCUT2D eigenvalue weighted by molar-refractivity contribution is 0.0967. The van der Waals surface area contributed by atoms with E-state index in [0.717, 1.165) is 4.90 Å². The zero-order valence-electron chi connectivity index (χ0n) is 17.6. The second-order valence-corrected chi connectivity index (χ2v) is 8.47. The number of allylic oxidation sites excluding steroid dienone is 4. The number of carbonyl (C=O) groups is 4. The minimum atomic E-state index is -0.596. The molecule has 2 aliphatic carbocycles. The van der Waals surface area contributed by atoms with Crippen molar-refractivity contribution in [3.63, 3.8) is 0 Å². The number of halogens is 2. The number of hydrogen-bond acceptors (Lipinski definition) is 6. The van der Waals surface area contributed by atoms with E-state index in [1.54, 1.807) is 43.3 Å². The normalized spacial score (nSPS) is 15.5. The van der Waals surface area contributed by atoms with Gasteiger partial charge < -0.3 is 0 Å². The zero-order chi connectivity index (χ0) is 24.1. The molecule has 3 aromatic rings. The number of hydrogen-bond donors (Lipinski definition) is 0. The highest BCUT2D eigenvalue weighted by atomic mass is 35.5. The Kier molecular flexibility index (Phi) is 5.27. The van der Waals surface area contributed by atoms with Crippen LogP contribution in [0, 0.1) is 6.92 Å². The van der Waals surface area contributed by atoms with Crippen molar-refractivity contribution in [3.05, 3.63) is 116 Å². The maximum absolute atomic E-state index is 13.7.